The van der Waals surface area contributed by atoms with Crippen molar-refractivity contribution in [2.75, 3.05) is 17.8 Å². The summed E-state index contributed by atoms with van der Waals surface area (Å²) in [6.07, 6.45) is 5.04. The van der Waals surface area contributed by atoms with Gasteiger partial charge >= 0.3 is 0 Å². The van der Waals surface area contributed by atoms with Gasteiger partial charge in [-0.2, -0.15) is 15.0 Å². The number of aromatic nitrogens is 6. The fourth-order valence-corrected chi connectivity index (χ4v) is 4.85. The minimum atomic E-state index is -3.70. The fourth-order valence-electron chi connectivity index (χ4n) is 3.68. The van der Waals surface area contributed by atoms with Crippen molar-refractivity contribution in [1.82, 2.24) is 34.9 Å². The largest absolute Gasteiger partial charge is 0.334 e. The molecule has 4 aromatic rings. The van der Waals surface area contributed by atoms with E-state index in [1.807, 2.05) is 19.2 Å². The highest BCUT2D eigenvalue weighted by molar-refractivity contribution is 7.92. The number of carbonyl (C=O) groups excluding carboxylic acids is 1. The van der Waals surface area contributed by atoms with Crippen LogP contribution in [0.25, 0.3) is 0 Å². The SMILES string of the molecule is Cc1cccc(S(=O)(=O)Nc2ccc(C(=O)N3CC(n4cc(Cn5nccn5)nn4)C3)cc2)c1. The lowest BCUT2D eigenvalue weighted by molar-refractivity contribution is 0.0498. The highest BCUT2D eigenvalue weighted by atomic mass is 32.2. The Labute approximate surface area is 196 Å². The zero-order valence-electron chi connectivity index (χ0n) is 18.3. The van der Waals surface area contributed by atoms with E-state index in [4.69, 9.17) is 0 Å². The molecule has 0 saturated carbocycles. The topological polar surface area (TPSA) is 128 Å². The Morgan fingerprint density at radius 3 is 2.53 bits per heavy atom. The molecule has 1 amide bonds. The van der Waals surface area contributed by atoms with E-state index >= 15 is 0 Å². The van der Waals surface area contributed by atoms with E-state index in [1.54, 1.807) is 64.4 Å². The molecule has 0 radical (unpaired) electrons. The molecule has 1 saturated heterocycles. The maximum atomic E-state index is 12.8. The Kier molecular flexibility index (Phi) is 5.57. The molecule has 12 heteroatoms. The molecule has 3 heterocycles. The molecule has 34 heavy (non-hydrogen) atoms. The summed E-state index contributed by atoms with van der Waals surface area (Å²) in [5, 5.41) is 16.4. The molecule has 0 spiro atoms. The van der Waals surface area contributed by atoms with Gasteiger partial charge in [-0.1, -0.05) is 17.3 Å². The normalized spacial score (nSPS) is 14.1. The summed E-state index contributed by atoms with van der Waals surface area (Å²) in [7, 11) is -3.70. The monoisotopic (exact) mass is 478 g/mol. The molecule has 1 aliphatic heterocycles. The second kappa shape index (κ2) is 8.71. The van der Waals surface area contributed by atoms with Gasteiger partial charge in [-0.05, 0) is 48.9 Å². The highest BCUT2D eigenvalue weighted by Crippen LogP contribution is 2.24. The van der Waals surface area contributed by atoms with E-state index in [0.717, 1.165) is 11.3 Å². The second-order valence-electron chi connectivity index (χ2n) is 8.11. The lowest BCUT2D eigenvalue weighted by Crippen LogP contribution is -2.50. The van der Waals surface area contributed by atoms with Crippen molar-refractivity contribution >= 4 is 21.6 Å². The van der Waals surface area contributed by atoms with Crippen LogP contribution in [0, 0.1) is 6.92 Å². The molecule has 5 rings (SSSR count). The first kappa shape index (κ1) is 21.8. The number of nitrogens with zero attached hydrogens (tertiary/aromatic N) is 7. The number of aryl methyl sites for hydroxylation is 1. The number of anilines is 1. The summed E-state index contributed by atoms with van der Waals surface area (Å²) in [4.78, 5) is 16.2. The number of hydrogen-bond donors (Lipinski definition) is 1. The van der Waals surface area contributed by atoms with Gasteiger partial charge in [0, 0.05) is 24.3 Å². The molecule has 174 valence electrons. The summed E-state index contributed by atoms with van der Waals surface area (Å²) < 4.78 is 29.5. The Balaban J connectivity index is 1.17. The molecule has 1 fully saturated rings. The van der Waals surface area contributed by atoms with Crippen molar-refractivity contribution in [3.05, 3.63) is 83.9 Å². The number of nitrogens with one attached hydrogen (secondary N) is 1. The van der Waals surface area contributed by atoms with E-state index in [1.165, 1.54) is 4.80 Å². The van der Waals surface area contributed by atoms with Gasteiger partial charge in [0.1, 0.15) is 12.2 Å². The molecule has 0 aliphatic carbocycles. The van der Waals surface area contributed by atoms with Gasteiger partial charge in [-0.3, -0.25) is 9.52 Å². The number of amides is 1. The summed E-state index contributed by atoms with van der Waals surface area (Å²) in [6, 6.07) is 13.1. The second-order valence-corrected chi connectivity index (χ2v) is 9.80. The van der Waals surface area contributed by atoms with Gasteiger partial charge in [0.25, 0.3) is 15.9 Å². The molecule has 11 nitrogen and oxygen atoms in total. The number of hydrogen-bond acceptors (Lipinski definition) is 7. The maximum Gasteiger partial charge on any atom is 0.261 e. The average molecular weight is 479 g/mol. The number of sulfonamides is 1. The molecule has 0 atom stereocenters. The number of benzene rings is 2. The maximum absolute atomic E-state index is 12.8. The standard InChI is InChI=1S/C22H22N8O3S/c1-16-3-2-4-21(11-16)34(32,33)26-18-7-5-17(6-8-18)22(31)28-14-20(15-28)29-12-19(25-27-29)13-30-23-9-10-24-30/h2-12,20,26H,13-15H2,1H3. The fraction of sp³-hybridized carbons (Fsp3) is 0.227. The summed E-state index contributed by atoms with van der Waals surface area (Å²) in [6.45, 7) is 3.30. The molecule has 0 bridgehead atoms. The van der Waals surface area contributed by atoms with Crippen LogP contribution in [0.2, 0.25) is 0 Å². The van der Waals surface area contributed by atoms with Gasteiger partial charge < -0.3 is 4.90 Å². The van der Waals surface area contributed by atoms with Gasteiger partial charge in [0.15, 0.2) is 0 Å². The first-order chi connectivity index (χ1) is 16.4. The highest BCUT2D eigenvalue weighted by Gasteiger charge is 2.33. The third-order valence-electron chi connectivity index (χ3n) is 5.54. The van der Waals surface area contributed by atoms with Crippen molar-refractivity contribution in [1.29, 1.82) is 0 Å². The molecule has 2 aromatic carbocycles. The van der Waals surface area contributed by atoms with Crippen LogP contribution in [-0.4, -0.2) is 62.3 Å². The third kappa shape index (κ3) is 4.53. The Hall–Kier alpha value is -4.06. The van der Waals surface area contributed by atoms with Gasteiger partial charge in [-0.15, -0.1) is 5.10 Å². The van der Waals surface area contributed by atoms with Crippen LogP contribution in [0.4, 0.5) is 5.69 Å². The molecule has 2 aromatic heterocycles. The van der Waals surface area contributed by atoms with Crippen LogP contribution in [0.15, 0.2) is 72.0 Å². The van der Waals surface area contributed by atoms with E-state index in [2.05, 4.69) is 25.2 Å². The number of carbonyl (C=O) groups is 1. The molecular formula is C22H22N8O3S. The number of rotatable bonds is 7. The third-order valence-corrected chi connectivity index (χ3v) is 6.91. The van der Waals surface area contributed by atoms with Gasteiger partial charge in [0.2, 0.25) is 0 Å². The van der Waals surface area contributed by atoms with Gasteiger partial charge in [-0.25, -0.2) is 13.1 Å². The Morgan fingerprint density at radius 1 is 1.09 bits per heavy atom. The van der Waals surface area contributed by atoms with Crippen molar-refractivity contribution in [3.63, 3.8) is 0 Å². The molecule has 1 aliphatic rings. The van der Waals surface area contributed by atoms with Gasteiger partial charge in [0.05, 0.1) is 29.5 Å². The van der Waals surface area contributed by atoms with Crippen molar-refractivity contribution < 1.29 is 13.2 Å². The van der Waals surface area contributed by atoms with Crippen LogP contribution < -0.4 is 4.72 Å². The Bertz CT molecular complexity index is 1410. The minimum absolute atomic E-state index is 0.0520. The van der Waals surface area contributed by atoms with E-state index in [0.29, 0.717) is 30.9 Å². The summed E-state index contributed by atoms with van der Waals surface area (Å²) in [5.41, 5.74) is 2.47. The average Bonchev–Trinajstić information content (AvgIpc) is 3.46. The van der Waals surface area contributed by atoms with Crippen LogP contribution >= 0.6 is 0 Å². The quantitative estimate of drug-likeness (QED) is 0.428. The minimum Gasteiger partial charge on any atom is -0.334 e. The van der Waals surface area contributed by atoms with Crippen LogP contribution in [0.1, 0.15) is 27.7 Å². The van der Waals surface area contributed by atoms with Crippen LogP contribution in [0.5, 0.6) is 0 Å². The number of likely N-dealkylation sites (tertiary alicyclic amines) is 1. The zero-order chi connectivity index (χ0) is 23.7. The molecular weight excluding hydrogens is 456 g/mol. The van der Waals surface area contributed by atoms with E-state index in [-0.39, 0.29) is 16.8 Å². The van der Waals surface area contributed by atoms with Crippen LogP contribution in [0.3, 0.4) is 0 Å². The first-order valence-electron chi connectivity index (χ1n) is 10.6. The molecule has 0 unspecified atom stereocenters. The lowest BCUT2D eigenvalue weighted by Gasteiger charge is -2.38. The summed E-state index contributed by atoms with van der Waals surface area (Å²) >= 11 is 0. The Morgan fingerprint density at radius 2 is 1.82 bits per heavy atom. The van der Waals surface area contributed by atoms with E-state index in [9.17, 15) is 13.2 Å². The molecule has 1 N–H and O–H groups in total. The van der Waals surface area contributed by atoms with Crippen molar-refractivity contribution in [2.45, 2.75) is 24.4 Å². The van der Waals surface area contributed by atoms with E-state index < -0.39 is 10.0 Å². The predicted octanol–water partition coefficient (Wildman–Crippen LogP) is 1.72. The predicted molar refractivity (Wildman–Crippen MR) is 123 cm³/mol. The van der Waals surface area contributed by atoms with Crippen molar-refractivity contribution in [3.8, 4) is 0 Å². The zero-order valence-corrected chi connectivity index (χ0v) is 19.1. The first-order valence-corrected chi connectivity index (χ1v) is 12.1. The smallest absolute Gasteiger partial charge is 0.261 e. The van der Waals surface area contributed by atoms with Crippen LogP contribution in [-0.2, 0) is 16.6 Å². The lowest BCUT2D eigenvalue weighted by atomic mass is 10.1. The summed E-state index contributed by atoms with van der Waals surface area (Å²) in [5.74, 6) is -0.120. The van der Waals surface area contributed by atoms with Crippen molar-refractivity contribution in [2.24, 2.45) is 0 Å².